The van der Waals surface area contributed by atoms with Crippen LogP contribution in [0.2, 0.25) is 0 Å². The summed E-state index contributed by atoms with van der Waals surface area (Å²) >= 11 is 0. The Hall–Kier alpha value is -5.29. The number of imide groups is 1. The Labute approximate surface area is 260 Å². The summed E-state index contributed by atoms with van der Waals surface area (Å²) in [5, 5.41) is 11.4. The van der Waals surface area contributed by atoms with E-state index in [9.17, 15) is 9.59 Å². The fourth-order valence-corrected chi connectivity index (χ4v) is 6.08. The molecular formula is C34H34N8O3. The van der Waals surface area contributed by atoms with Gasteiger partial charge in [0, 0.05) is 37.3 Å². The van der Waals surface area contributed by atoms with E-state index in [1.165, 1.54) is 11.9 Å². The first kappa shape index (κ1) is 28.5. The Morgan fingerprint density at radius 2 is 1.62 bits per heavy atom. The molecule has 11 heteroatoms. The summed E-state index contributed by atoms with van der Waals surface area (Å²) in [4.78, 5) is 34.8. The molecule has 0 saturated carbocycles. The number of nitrogens with zero attached hydrogens (tertiary/aromatic N) is 5. The molecule has 2 aromatic heterocycles. The summed E-state index contributed by atoms with van der Waals surface area (Å²) in [6.45, 7) is 2.68. The molecule has 3 aromatic carbocycles. The molecule has 5 aromatic rings. The lowest BCUT2D eigenvalue weighted by Gasteiger charge is -2.32. The Balaban J connectivity index is 1.01. The third kappa shape index (κ3) is 6.20. The lowest BCUT2D eigenvalue weighted by Crippen LogP contribution is -2.47. The zero-order valence-electron chi connectivity index (χ0n) is 24.7. The molecule has 4 N–H and O–H groups in total. The van der Waals surface area contributed by atoms with Crippen molar-refractivity contribution >= 4 is 34.4 Å². The van der Waals surface area contributed by atoms with E-state index >= 15 is 0 Å². The van der Waals surface area contributed by atoms with Crippen LogP contribution in [0.25, 0.3) is 22.3 Å². The molecule has 11 nitrogen and oxygen atoms in total. The first-order valence-electron chi connectivity index (χ1n) is 15.2. The van der Waals surface area contributed by atoms with Gasteiger partial charge >= 0.3 is 0 Å². The highest BCUT2D eigenvalue weighted by Gasteiger charge is 2.27. The van der Waals surface area contributed by atoms with Crippen molar-refractivity contribution in [3.8, 4) is 22.8 Å². The summed E-state index contributed by atoms with van der Waals surface area (Å²) < 4.78 is 8.00. The Morgan fingerprint density at radius 1 is 0.889 bits per heavy atom. The van der Waals surface area contributed by atoms with E-state index in [-0.39, 0.29) is 23.9 Å². The number of nitrogens with two attached hydrogens (primary N) is 1. The number of aromatic nitrogens is 4. The van der Waals surface area contributed by atoms with E-state index in [0.29, 0.717) is 18.7 Å². The third-order valence-corrected chi connectivity index (χ3v) is 8.47. The number of rotatable bonds is 8. The molecule has 45 heavy (non-hydrogen) atoms. The van der Waals surface area contributed by atoms with Gasteiger partial charge in [0.15, 0.2) is 5.65 Å². The van der Waals surface area contributed by atoms with Gasteiger partial charge in [-0.05, 0) is 73.4 Å². The first-order chi connectivity index (χ1) is 22.0. The fourth-order valence-electron chi connectivity index (χ4n) is 6.08. The molecule has 2 aliphatic rings. The van der Waals surface area contributed by atoms with Crippen molar-refractivity contribution in [3.05, 3.63) is 90.8 Å². The smallest absolute Gasteiger partial charge is 0.249 e. The largest absolute Gasteiger partial charge is 0.457 e. The minimum absolute atomic E-state index is 0.188. The highest BCUT2D eigenvalue weighted by molar-refractivity contribution is 6.01. The zero-order chi connectivity index (χ0) is 30.8. The highest BCUT2D eigenvalue weighted by Crippen LogP contribution is 2.35. The van der Waals surface area contributed by atoms with Gasteiger partial charge in [0.25, 0.3) is 0 Å². The van der Waals surface area contributed by atoms with Crippen molar-refractivity contribution in [2.45, 2.75) is 44.3 Å². The van der Waals surface area contributed by atoms with Gasteiger partial charge in [-0.25, -0.2) is 14.6 Å². The van der Waals surface area contributed by atoms with Crippen LogP contribution in [0.3, 0.4) is 0 Å². The molecule has 7 rings (SSSR count). The van der Waals surface area contributed by atoms with Crippen LogP contribution < -0.4 is 21.1 Å². The van der Waals surface area contributed by atoms with E-state index in [2.05, 4.69) is 37.6 Å². The fraction of sp³-hybridized carbons (Fsp3) is 0.265. The summed E-state index contributed by atoms with van der Waals surface area (Å²) in [6, 6.07) is 25.5. The van der Waals surface area contributed by atoms with Gasteiger partial charge < -0.3 is 15.8 Å². The Morgan fingerprint density at radius 3 is 2.36 bits per heavy atom. The van der Waals surface area contributed by atoms with Gasteiger partial charge in [-0.1, -0.05) is 30.3 Å². The van der Waals surface area contributed by atoms with Gasteiger partial charge in [-0.2, -0.15) is 5.10 Å². The van der Waals surface area contributed by atoms with Crippen LogP contribution in [0, 0.1) is 0 Å². The number of ether oxygens (including phenoxy) is 1. The normalized spacial score (nSPS) is 17.7. The number of likely N-dealkylation sites (tertiary alicyclic amines) is 1. The van der Waals surface area contributed by atoms with Crippen LogP contribution >= 0.6 is 0 Å². The van der Waals surface area contributed by atoms with Crippen LogP contribution in [-0.4, -0.2) is 55.6 Å². The maximum atomic E-state index is 12.1. The number of fused-ring (bicyclic) bond motifs is 1. The van der Waals surface area contributed by atoms with Crippen LogP contribution in [0.1, 0.15) is 37.3 Å². The van der Waals surface area contributed by atoms with Gasteiger partial charge in [0.1, 0.15) is 35.4 Å². The van der Waals surface area contributed by atoms with E-state index in [4.69, 9.17) is 15.6 Å². The van der Waals surface area contributed by atoms with Gasteiger partial charge in [0.2, 0.25) is 11.8 Å². The Kier molecular flexibility index (Phi) is 7.83. The molecule has 1 unspecified atom stereocenters. The average molecular weight is 603 g/mol. The van der Waals surface area contributed by atoms with E-state index < -0.39 is 0 Å². The molecule has 0 radical (unpaired) electrons. The number of amides is 2. The van der Waals surface area contributed by atoms with E-state index in [1.54, 1.807) is 0 Å². The van der Waals surface area contributed by atoms with Crippen molar-refractivity contribution < 1.29 is 14.3 Å². The van der Waals surface area contributed by atoms with Gasteiger partial charge in [0.05, 0.1) is 11.4 Å². The lowest BCUT2D eigenvalue weighted by atomic mass is 10.0. The number of nitrogen functional groups attached to an aromatic ring is 1. The molecule has 0 aliphatic carbocycles. The monoisotopic (exact) mass is 602 g/mol. The quantitative estimate of drug-likeness (QED) is 0.211. The number of anilines is 2. The number of hydrogen-bond acceptors (Lipinski definition) is 9. The number of hydrogen-bond donors (Lipinski definition) is 3. The predicted octanol–water partition coefficient (Wildman–Crippen LogP) is 4.92. The Bertz CT molecular complexity index is 1810. The molecule has 4 heterocycles. The van der Waals surface area contributed by atoms with E-state index in [1.807, 2.05) is 71.4 Å². The van der Waals surface area contributed by atoms with Crippen LogP contribution in [-0.2, 0) is 16.1 Å². The van der Waals surface area contributed by atoms with Crippen LogP contribution in [0.15, 0.2) is 85.2 Å². The molecule has 2 aliphatic heterocycles. The summed E-state index contributed by atoms with van der Waals surface area (Å²) in [5.74, 6) is 1.46. The third-order valence-electron chi connectivity index (χ3n) is 8.47. The number of piperidine rings is 2. The van der Waals surface area contributed by atoms with Crippen molar-refractivity contribution in [2.75, 3.05) is 24.1 Å². The second-order valence-electron chi connectivity index (χ2n) is 11.5. The summed E-state index contributed by atoms with van der Waals surface area (Å²) in [6.07, 6.45) is 4.22. The number of benzene rings is 3. The zero-order valence-corrected chi connectivity index (χ0v) is 24.7. The first-order valence-corrected chi connectivity index (χ1v) is 15.2. The average Bonchev–Trinajstić information content (AvgIpc) is 3.45. The minimum atomic E-state index is -0.389. The van der Waals surface area contributed by atoms with Crippen molar-refractivity contribution in [1.82, 2.24) is 30.0 Å². The number of carbonyl (C=O) groups is 2. The van der Waals surface area contributed by atoms with Crippen molar-refractivity contribution in [1.29, 1.82) is 0 Å². The molecular weight excluding hydrogens is 568 g/mol. The number of carbonyl (C=O) groups excluding carboxylic acids is 2. The lowest BCUT2D eigenvalue weighted by molar-refractivity contribution is -0.133. The molecule has 228 valence electrons. The predicted molar refractivity (Wildman–Crippen MR) is 171 cm³/mol. The van der Waals surface area contributed by atoms with Gasteiger partial charge in [-0.3, -0.25) is 19.8 Å². The number of para-hydroxylation sites is 1. The summed E-state index contributed by atoms with van der Waals surface area (Å²) in [5.41, 5.74) is 10.9. The number of nitrogens with one attached hydrogen (secondary N) is 2. The SMILES string of the molecule is Nc1ncnc2c1c(-c1ccc(Oc3ccccc3)cc1)nn2C1CCN(Cc2ccc(NC3CCC(=O)NC3=O)cc2)CC1. The molecule has 2 saturated heterocycles. The molecule has 2 fully saturated rings. The standard InChI is InChI=1S/C34H34N8O3/c35-32-30-31(23-8-12-27(13-9-23)45-26-4-2-1-3-5-26)40-42(33(30)37-21-36-32)25-16-18-41(19-17-25)20-22-6-10-24(11-7-22)38-28-14-15-29(43)39-34(28)44/h1-13,21,25,28,38H,14-20H2,(H2,35,36,37)(H,39,43,44). The molecule has 2 amide bonds. The van der Waals surface area contributed by atoms with Crippen molar-refractivity contribution in [3.63, 3.8) is 0 Å². The molecule has 0 bridgehead atoms. The second-order valence-corrected chi connectivity index (χ2v) is 11.5. The highest BCUT2D eigenvalue weighted by atomic mass is 16.5. The van der Waals surface area contributed by atoms with Crippen LogP contribution in [0.5, 0.6) is 11.5 Å². The second kappa shape index (κ2) is 12.4. The maximum Gasteiger partial charge on any atom is 0.249 e. The maximum absolute atomic E-state index is 12.1. The minimum Gasteiger partial charge on any atom is -0.457 e. The molecule has 1 atom stereocenters. The van der Waals surface area contributed by atoms with Crippen LogP contribution in [0.4, 0.5) is 11.5 Å². The van der Waals surface area contributed by atoms with Gasteiger partial charge in [-0.15, -0.1) is 0 Å². The molecule has 0 spiro atoms. The van der Waals surface area contributed by atoms with E-state index in [0.717, 1.165) is 72.0 Å². The summed E-state index contributed by atoms with van der Waals surface area (Å²) in [7, 11) is 0. The topological polar surface area (TPSA) is 140 Å². The van der Waals surface area contributed by atoms with Crippen molar-refractivity contribution in [2.24, 2.45) is 0 Å².